The number of amides is 1. The van der Waals surface area contributed by atoms with Crippen LogP contribution in [0.1, 0.15) is 44.6 Å². The molecule has 0 aromatic heterocycles. The van der Waals surface area contributed by atoms with Gasteiger partial charge >= 0.3 is 5.97 Å². The van der Waals surface area contributed by atoms with Crippen LogP contribution in [-0.4, -0.2) is 23.0 Å². The molecular weight excluding hydrogens is 290 g/mol. The lowest BCUT2D eigenvalue weighted by molar-refractivity contribution is -0.138. The van der Waals surface area contributed by atoms with Gasteiger partial charge in [0.05, 0.1) is 11.8 Å². The molecule has 2 aliphatic rings. The molecule has 1 aromatic rings. The Morgan fingerprint density at radius 2 is 2.04 bits per heavy atom. The van der Waals surface area contributed by atoms with E-state index in [0.29, 0.717) is 11.8 Å². The van der Waals surface area contributed by atoms with Crippen LogP contribution in [0.15, 0.2) is 30.3 Å². The normalized spacial score (nSPS) is 30.1. The summed E-state index contributed by atoms with van der Waals surface area (Å²) < 4.78 is 0. The van der Waals surface area contributed by atoms with Gasteiger partial charge in [0.15, 0.2) is 0 Å². The average Bonchev–Trinajstić information content (AvgIpc) is 3.08. The van der Waals surface area contributed by atoms with E-state index in [2.05, 4.69) is 17.4 Å². The van der Waals surface area contributed by atoms with Gasteiger partial charge in [0.25, 0.3) is 0 Å². The molecule has 2 N–H and O–H groups in total. The number of carbonyl (C=O) groups is 2. The van der Waals surface area contributed by atoms with Crippen LogP contribution in [0.2, 0.25) is 0 Å². The molecule has 1 aromatic carbocycles. The lowest BCUT2D eigenvalue weighted by atomic mass is 9.68. The minimum atomic E-state index is -0.872. The highest BCUT2D eigenvalue weighted by atomic mass is 16.4. The highest BCUT2D eigenvalue weighted by Crippen LogP contribution is 2.57. The summed E-state index contributed by atoms with van der Waals surface area (Å²) in [4.78, 5) is 23.9. The second-order valence-corrected chi connectivity index (χ2v) is 7.37. The Morgan fingerprint density at radius 3 is 2.61 bits per heavy atom. The van der Waals surface area contributed by atoms with Crippen molar-refractivity contribution in [1.29, 1.82) is 0 Å². The van der Waals surface area contributed by atoms with Crippen molar-refractivity contribution < 1.29 is 14.7 Å². The first kappa shape index (κ1) is 16.0. The molecule has 4 heteroatoms. The van der Waals surface area contributed by atoms with Crippen molar-refractivity contribution in [2.24, 2.45) is 17.3 Å². The average molecular weight is 315 g/mol. The predicted molar refractivity (Wildman–Crippen MR) is 87.9 cm³/mol. The van der Waals surface area contributed by atoms with Crippen molar-refractivity contribution in [3.8, 4) is 0 Å². The summed E-state index contributed by atoms with van der Waals surface area (Å²) in [7, 11) is 0. The van der Waals surface area contributed by atoms with Gasteiger partial charge < -0.3 is 10.4 Å². The minimum Gasteiger partial charge on any atom is -0.481 e. The van der Waals surface area contributed by atoms with E-state index in [1.165, 1.54) is 12.0 Å². The van der Waals surface area contributed by atoms with E-state index in [1.54, 1.807) is 6.92 Å². The summed E-state index contributed by atoms with van der Waals surface area (Å²) in [6, 6.07) is 9.87. The minimum absolute atomic E-state index is 0.0265. The molecular formula is C19H25NO3. The number of carboxylic acid groups (broad SMARTS) is 1. The maximum atomic E-state index is 13.0. The zero-order chi connectivity index (χ0) is 16.4. The van der Waals surface area contributed by atoms with E-state index in [9.17, 15) is 9.59 Å². The summed E-state index contributed by atoms with van der Waals surface area (Å²) in [5.74, 6) is 0.277. The predicted octanol–water partition coefficient (Wildman–Crippen LogP) is 3.01. The molecule has 1 amide bonds. The van der Waals surface area contributed by atoms with E-state index >= 15 is 0 Å². The van der Waals surface area contributed by atoms with E-state index < -0.39 is 5.97 Å². The second-order valence-electron chi connectivity index (χ2n) is 7.37. The molecule has 2 aliphatic carbocycles. The largest absolute Gasteiger partial charge is 0.481 e. The van der Waals surface area contributed by atoms with Gasteiger partial charge in [-0.15, -0.1) is 0 Å². The molecule has 3 rings (SSSR count). The first-order valence-corrected chi connectivity index (χ1v) is 8.56. The lowest BCUT2D eigenvalue weighted by Gasteiger charge is -2.37. The van der Waals surface area contributed by atoms with E-state index in [-0.39, 0.29) is 23.8 Å². The third kappa shape index (κ3) is 3.26. The van der Waals surface area contributed by atoms with Crippen molar-refractivity contribution in [2.75, 3.05) is 0 Å². The Labute approximate surface area is 137 Å². The van der Waals surface area contributed by atoms with Crippen LogP contribution in [0.3, 0.4) is 0 Å². The highest BCUT2D eigenvalue weighted by Gasteiger charge is 2.55. The first-order valence-electron chi connectivity index (χ1n) is 8.56. The number of hydrogen-bond donors (Lipinski definition) is 2. The number of carboxylic acids is 1. The van der Waals surface area contributed by atoms with Gasteiger partial charge in [0.1, 0.15) is 0 Å². The van der Waals surface area contributed by atoms with Gasteiger partial charge in [-0.05, 0) is 50.0 Å². The summed E-state index contributed by atoms with van der Waals surface area (Å²) in [5, 5.41) is 11.9. The van der Waals surface area contributed by atoms with Crippen molar-refractivity contribution in [3.05, 3.63) is 35.9 Å². The van der Waals surface area contributed by atoms with E-state index in [1.807, 2.05) is 18.2 Å². The van der Waals surface area contributed by atoms with Gasteiger partial charge in [-0.1, -0.05) is 36.8 Å². The van der Waals surface area contributed by atoms with Gasteiger partial charge in [-0.3, -0.25) is 9.59 Å². The Kier molecular flexibility index (Phi) is 4.42. The summed E-state index contributed by atoms with van der Waals surface area (Å²) in [5.41, 5.74) is 0.845. The molecule has 2 bridgehead atoms. The molecule has 0 aliphatic heterocycles. The quantitative estimate of drug-likeness (QED) is 0.848. The number of fused-ring (bicyclic) bond motifs is 2. The monoisotopic (exact) mass is 315 g/mol. The summed E-state index contributed by atoms with van der Waals surface area (Å²) in [6.07, 6.45) is 5.19. The highest BCUT2D eigenvalue weighted by molar-refractivity contribution is 5.84. The maximum absolute atomic E-state index is 13.0. The molecule has 4 nitrogen and oxygen atoms in total. The fourth-order valence-electron chi connectivity index (χ4n) is 4.66. The Balaban J connectivity index is 1.79. The van der Waals surface area contributed by atoms with Gasteiger partial charge in [0, 0.05) is 6.04 Å². The fraction of sp³-hybridized carbons (Fsp3) is 0.579. The zero-order valence-corrected chi connectivity index (χ0v) is 13.6. The number of rotatable bonds is 6. The van der Waals surface area contributed by atoms with E-state index in [0.717, 1.165) is 25.7 Å². The topological polar surface area (TPSA) is 66.4 Å². The zero-order valence-electron chi connectivity index (χ0n) is 13.6. The molecule has 0 radical (unpaired) electrons. The molecule has 23 heavy (non-hydrogen) atoms. The lowest BCUT2D eigenvalue weighted by Crippen LogP contribution is -2.49. The Hall–Kier alpha value is -1.84. The fourth-order valence-corrected chi connectivity index (χ4v) is 4.66. The van der Waals surface area contributed by atoms with Gasteiger partial charge in [-0.2, -0.15) is 0 Å². The first-order chi connectivity index (χ1) is 11.0. The Morgan fingerprint density at radius 1 is 1.30 bits per heavy atom. The molecule has 2 saturated carbocycles. The number of hydrogen-bond acceptors (Lipinski definition) is 2. The molecule has 4 atom stereocenters. The van der Waals surface area contributed by atoms with Gasteiger partial charge in [-0.25, -0.2) is 0 Å². The number of aliphatic carboxylic acids is 1. The number of benzene rings is 1. The van der Waals surface area contributed by atoms with E-state index in [4.69, 9.17) is 5.11 Å². The van der Waals surface area contributed by atoms with Crippen LogP contribution >= 0.6 is 0 Å². The van der Waals surface area contributed by atoms with Crippen LogP contribution in [0.4, 0.5) is 0 Å². The van der Waals surface area contributed by atoms with Crippen molar-refractivity contribution in [2.45, 2.75) is 51.5 Å². The molecule has 4 unspecified atom stereocenters. The number of carbonyl (C=O) groups excluding carboxylic acids is 1. The standard InChI is InChI=1S/C19H25NO3/c1-13(9-17(21)22)20-18(23)19(11-14-5-3-2-4-6-14)12-15-7-8-16(19)10-15/h2-6,13,15-16H,7-12H2,1H3,(H,20,23)(H,21,22). The molecule has 0 heterocycles. The third-order valence-electron chi connectivity index (χ3n) is 5.65. The molecule has 2 fully saturated rings. The van der Waals surface area contributed by atoms with Crippen LogP contribution in [-0.2, 0) is 16.0 Å². The third-order valence-corrected chi connectivity index (χ3v) is 5.65. The van der Waals surface area contributed by atoms with Crippen molar-refractivity contribution in [1.82, 2.24) is 5.32 Å². The summed E-state index contributed by atoms with van der Waals surface area (Å²) in [6.45, 7) is 1.77. The smallest absolute Gasteiger partial charge is 0.305 e. The molecule has 0 saturated heterocycles. The van der Waals surface area contributed by atoms with Crippen LogP contribution in [0.25, 0.3) is 0 Å². The van der Waals surface area contributed by atoms with Crippen LogP contribution in [0, 0.1) is 17.3 Å². The Bertz CT molecular complexity index is 586. The summed E-state index contributed by atoms with van der Waals surface area (Å²) >= 11 is 0. The maximum Gasteiger partial charge on any atom is 0.305 e. The van der Waals surface area contributed by atoms with Crippen LogP contribution in [0.5, 0.6) is 0 Å². The number of nitrogens with one attached hydrogen (secondary N) is 1. The second kappa shape index (κ2) is 6.34. The van der Waals surface area contributed by atoms with Gasteiger partial charge in [0.2, 0.25) is 5.91 Å². The van der Waals surface area contributed by atoms with Crippen molar-refractivity contribution >= 4 is 11.9 Å². The molecule has 0 spiro atoms. The molecule has 124 valence electrons. The van der Waals surface area contributed by atoms with Crippen LogP contribution < -0.4 is 5.32 Å². The van der Waals surface area contributed by atoms with Crippen molar-refractivity contribution in [3.63, 3.8) is 0 Å². The SMILES string of the molecule is CC(CC(=O)O)NC(=O)C1(Cc2ccccc2)CC2CCC1C2.